The Morgan fingerprint density at radius 3 is 2.53 bits per heavy atom. The van der Waals surface area contributed by atoms with Crippen LogP contribution in [-0.4, -0.2) is 49.0 Å². The number of pyridine rings is 1. The molecule has 0 atom stereocenters. The number of aromatic nitrogens is 1. The summed E-state index contributed by atoms with van der Waals surface area (Å²) >= 11 is 0. The number of likely N-dealkylation sites (N-methyl/N-ethyl adjacent to an activating group) is 1. The monoisotopic (exact) mass is 402 g/mol. The Labute approximate surface area is 177 Å². The van der Waals surface area contributed by atoms with E-state index in [1.807, 2.05) is 54.6 Å². The summed E-state index contributed by atoms with van der Waals surface area (Å²) in [4.78, 5) is 21.7. The number of rotatable bonds is 6. The van der Waals surface area contributed by atoms with Crippen molar-refractivity contribution < 1.29 is 9.53 Å². The molecule has 1 amide bonds. The van der Waals surface area contributed by atoms with Crippen LogP contribution in [0.1, 0.15) is 15.9 Å². The number of carbonyl (C=O) groups is 1. The Morgan fingerprint density at radius 1 is 1.00 bits per heavy atom. The Morgan fingerprint density at radius 2 is 1.80 bits per heavy atom. The van der Waals surface area contributed by atoms with E-state index < -0.39 is 0 Å². The van der Waals surface area contributed by atoms with Gasteiger partial charge in [-0.3, -0.25) is 4.79 Å². The molecular weight excluding hydrogens is 376 g/mol. The third-order valence-electron chi connectivity index (χ3n) is 5.18. The third-order valence-corrected chi connectivity index (χ3v) is 5.18. The molecule has 6 heteroatoms. The van der Waals surface area contributed by atoms with Crippen molar-refractivity contribution in [2.45, 2.75) is 6.61 Å². The van der Waals surface area contributed by atoms with Gasteiger partial charge in [-0.2, -0.15) is 0 Å². The number of anilines is 2. The molecule has 6 nitrogen and oxygen atoms in total. The molecule has 1 aliphatic rings. The van der Waals surface area contributed by atoms with Crippen LogP contribution >= 0.6 is 0 Å². The van der Waals surface area contributed by atoms with Crippen molar-refractivity contribution in [1.82, 2.24) is 9.88 Å². The molecule has 1 fully saturated rings. The molecule has 0 saturated carbocycles. The molecule has 0 radical (unpaired) electrons. The minimum Gasteiger partial charge on any atom is -0.489 e. The number of piperazine rings is 1. The number of hydrogen-bond acceptors (Lipinski definition) is 5. The second-order valence-corrected chi connectivity index (χ2v) is 7.45. The van der Waals surface area contributed by atoms with Gasteiger partial charge in [-0.15, -0.1) is 0 Å². The first-order chi connectivity index (χ1) is 14.7. The minimum atomic E-state index is -0.186. The molecule has 0 spiro atoms. The molecule has 2 heterocycles. The van der Waals surface area contributed by atoms with Gasteiger partial charge in [-0.05, 0) is 42.9 Å². The molecule has 154 valence electrons. The second-order valence-electron chi connectivity index (χ2n) is 7.45. The van der Waals surface area contributed by atoms with Crippen molar-refractivity contribution in [3.05, 3.63) is 84.1 Å². The Bertz CT molecular complexity index is 968. The molecule has 0 aliphatic carbocycles. The normalized spacial score (nSPS) is 14.4. The number of ether oxygens (including phenoxy) is 1. The standard InChI is InChI=1S/C24H26N4O2/c1-27-12-14-28(15-13-27)23-11-10-21(17-25-23)26-24(29)20-8-5-9-22(16-20)30-18-19-6-3-2-4-7-19/h2-11,16-17H,12-15,18H2,1H3,(H,26,29). The van der Waals surface area contributed by atoms with E-state index in [0.717, 1.165) is 37.6 Å². The van der Waals surface area contributed by atoms with Gasteiger partial charge in [0.1, 0.15) is 18.2 Å². The predicted octanol–water partition coefficient (Wildman–Crippen LogP) is 3.66. The average molecular weight is 402 g/mol. The number of nitrogens with zero attached hydrogens (tertiary/aromatic N) is 3. The van der Waals surface area contributed by atoms with Gasteiger partial charge in [-0.25, -0.2) is 4.98 Å². The lowest BCUT2D eigenvalue weighted by molar-refractivity contribution is 0.102. The number of hydrogen-bond donors (Lipinski definition) is 1. The van der Waals surface area contributed by atoms with Crippen molar-refractivity contribution in [3.63, 3.8) is 0 Å². The summed E-state index contributed by atoms with van der Waals surface area (Å²) in [5.74, 6) is 1.42. The fraction of sp³-hybridized carbons (Fsp3) is 0.250. The van der Waals surface area contributed by atoms with Crippen LogP contribution < -0.4 is 15.0 Å². The highest BCUT2D eigenvalue weighted by atomic mass is 16.5. The molecule has 4 rings (SSSR count). The number of carbonyl (C=O) groups excluding carboxylic acids is 1. The number of nitrogens with one attached hydrogen (secondary N) is 1. The zero-order chi connectivity index (χ0) is 20.8. The lowest BCUT2D eigenvalue weighted by Crippen LogP contribution is -2.44. The molecule has 1 N–H and O–H groups in total. The van der Waals surface area contributed by atoms with Gasteiger partial charge in [0.2, 0.25) is 0 Å². The summed E-state index contributed by atoms with van der Waals surface area (Å²) in [5, 5.41) is 2.91. The van der Waals surface area contributed by atoms with Crippen molar-refractivity contribution in [3.8, 4) is 5.75 Å². The third kappa shape index (κ3) is 5.15. The van der Waals surface area contributed by atoms with Crippen LogP contribution in [0.4, 0.5) is 11.5 Å². The van der Waals surface area contributed by atoms with Crippen LogP contribution in [0.15, 0.2) is 72.9 Å². The average Bonchev–Trinajstić information content (AvgIpc) is 2.80. The minimum absolute atomic E-state index is 0.186. The summed E-state index contributed by atoms with van der Waals surface area (Å²) < 4.78 is 5.82. The molecule has 0 unspecified atom stereocenters. The topological polar surface area (TPSA) is 57.7 Å². The van der Waals surface area contributed by atoms with Crippen molar-refractivity contribution in [1.29, 1.82) is 0 Å². The SMILES string of the molecule is CN1CCN(c2ccc(NC(=O)c3cccc(OCc4ccccc4)c3)cn2)CC1. The largest absolute Gasteiger partial charge is 0.489 e. The molecule has 1 aromatic heterocycles. The van der Waals surface area contributed by atoms with Gasteiger partial charge in [0, 0.05) is 31.7 Å². The van der Waals surface area contributed by atoms with Crippen LogP contribution in [0.5, 0.6) is 5.75 Å². The summed E-state index contributed by atoms with van der Waals surface area (Å²) in [7, 11) is 2.13. The highest BCUT2D eigenvalue weighted by Gasteiger charge is 2.15. The van der Waals surface area contributed by atoms with E-state index >= 15 is 0 Å². The van der Waals surface area contributed by atoms with Crippen LogP contribution in [-0.2, 0) is 6.61 Å². The molecule has 1 saturated heterocycles. The fourth-order valence-corrected chi connectivity index (χ4v) is 3.35. The fourth-order valence-electron chi connectivity index (χ4n) is 3.35. The first-order valence-corrected chi connectivity index (χ1v) is 10.1. The maximum atomic E-state index is 12.7. The zero-order valence-corrected chi connectivity index (χ0v) is 17.1. The van der Waals surface area contributed by atoms with Crippen molar-refractivity contribution >= 4 is 17.4 Å². The van der Waals surface area contributed by atoms with E-state index in [0.29, 0.717) is 23.6 Å². The lowest BCUT2D eigenvalue weighted by atomic mass is 10.2. The molecule has 3 aromatic rings. The van der Waals surface area contributed by atoms with E-state index in [9.17, 15) is 4.79 Å². The maximum Gasteiger partial charge on any atom is 0.255 e. The molecule has 30 heavy (non-hydrogen) atoms. The highest BCUT2D eigenvalue weighted by molar-refractivity contribution is 6.04. The van der Waals surface area contributed by atoms with E-state index in [1.54, 1.807) is 18.3 Å². The van der Waals surface area contributed by atoms with Crippen LogP contribution in [0.3, 0.4) is 0 Å². The Balaban J connectivity index is 1.35. The lowest BCUT2D eigenvalue weighted by Gasteiger charge is -2.33. The van der Waals surface area contributed by atoms with E-state index in [4.69, 9.17) is 4.74 Å². The predicted molar refractivity (Wildman–Crippen MR) is 119 cm³/mol. The maximum absolute atomic E-state index is 12.7. The van der Waals surface area contributed by atoms with Crippen molar-refractivity contribution in [2.75, 3.05) is 43.4 Å². The first kappa shape index (κ1) is 19.9. The van der Waals surface area contributed by atoms with E-state index in [-0.39, 0.29) is 5.91 Å². The quantitative estimate of drug-likeness (QED) is 0.682. The Hall–Kier alpha value is -3.38. The summed E-state index contributed by atoms with van der Waals surface area (Å²) in [6.45, 7) is 4.45. The Kier molecular flexibility index (Phi) is 6.25. The van der Waals surface area contributed by atoms with Gasteiger partial charge in [0.25, 0.3) is 5.91 Å². The number of amides is 1. The zero-order valence-electron chi connectivity index (χ0n) is 17.1. The van der Waals surface area contributed by atoms with E-state index in [1.165, 1.54) is 0 Å². The molecular formula is C24H26N4O2. The smallest absolute Gasteiger partial charge is 0.255 e. The molecule has 2 aromatic carbocycles. The van der Waals surface area contributed by atoms with Crippen LogP contribution in [0.2, 0.25) is 0 Å². The van der Waals surface area contributed by atoms with Gasteiger partial charge in [0.15, 0.2) is 0 Å². The summed E-state index contributed by atoms with van der Waals surface area (Å²) in [6.07, 6.45) is 1.71. The molecule has 1 aliphatic heterocycles. The van der Waals surface area contributed by atoms with Crippen molar-refractivity contribution in [2.24, 2.45) is 0 Å². The molecule has 0 bridgehead atoms. The van der Waals surface area contributed by atoms with Gasteiger partial charge in [-0.1, -0.05) is 36.4 Å². The van der Waals surface area contributed by atoms with Crippen LogP contribution in [0.25, 0.3) is 0 Å². The van der Waals surface area contributed by atoms with E-state index in [2.05, 4.69) is 27.1 Å². The highest BCUT2D eigenvalue weighted by Crippen LogP contribution is 2.19. The van der Waals surface area contributed by atoms with Gasteiger partial charge >= 0.3 is 0 Å². The van der Waals surface area contributed by atoms with Gasteiger partial charge in [0.05, 0.1) is 11.9 Å². The van der Waals surface area contributed by atoms with Gasteiger partial charge < -0.3 is 19.9 Å². The van der Waals surface area contributed by atoms with Crippen LogP contribution in [0, 0.1) is 0 Å². The summed E-state index contributed by atoms with van der Waals surface area (Å²) in [6, 6.07) is 21.0. The summed E-state index contributed by atoms with van der Waals surface area (Å²) in [5.41, 5.74) is 2.30. The number of benzene rings is 2. The second kappa shape index (κ2) is 9.41. The first-order valence-electron chi connectivity index (χ1n) is 10.1.